The molecule has 0 radical (unpaired) electrons. The maximum atomic E-state index is 13.8. The number of anilines is 1. The van der Waals surface area contributed by atoms with E-state index < -0.39 is 4.92 Å². The lowest BCUT2D eigenvalue weighted by Gasteiger charge is -2.36. The number of rotatable bonds is 4. The van der Waals surface area contributed by atoms with Crippen LogP contribution in [0.15, 0.2) is 60.7 Å². The molecule has 5 rings (SSSR count). The van der Waals surface area contributed by atoms with Gasteiger partial charge in [0, 0.05) is 66.1 Å². The third-order valence-electron chi connectivity index (χ3n) is 6.56. The van der Waals surface area contributed by atoms with E-state index >= 15 is 0 Å². The van der Waals surface area contributed by atoms with Crippen molar-refractivity contribution in [3.8, 4) is 11.3 Å². The predicted octanol–water partition coefficient (Wildman–Crippen LogP) is 5.22. The minimum absolute atomic E-state index is 0.0578. The summed E-state index contributed by atoms with van der Waals surface area (Å²) in [6, 6.07) is 17.6. The Morgan fingerprint density at radius 3 is 2.30 bits per heavy atom. The molecule has 0 N–H and O–H groups in total. The van der Waals surface area contributed by atoms with Gasteiger partial charge in [-0.2, -0.15) is 5.10 Å². The zero-order valence-corrected chi connectivity index (χ0v) is 21.6. The van der Waals surface area contributed by atoms with Crippen LogP contribution >= 0.6 is 11.6 Å². The van der Waals surface area contributed by atoms with Gasteiger partial charge in [0.05, 0.1) is 16.3 Å². The lowest BCUT2D eigenvalue weighted by molar-refractivity contribution is -0.384. The number of aromatic nitrogens is 3. The number of fused-ring (bicyclic) bond motifs is 1. The fourth-order valence-electron chi connectivity index (χ4n) is 4.42. The van der Waals surface area contributed by atoms with Gasteiger partial charge >= 0.3 is 0 Å². The lowest BCUT2D eigenvalue weighted by atomic mass is 9.93. The van der Waals surface area contributed by atoms with Crippen molar-refractivity contribution in [2.75, 3.05) is 31.1 Å². The molecule has 1 amide bonds. The largest absolute Gasteiger partial charge is 0.368 e. The highest BCUT2D eigenvalue weighted by Gasteiger charge is 2.27. The third-order valence-corrected chi connectivity index (χ3v) is 6.89. The highest BCUT2D eigenvalue weighted by molar-refractivity contribution is 6.33. The summed E-state index contributed by atoms with van der Waals surface area (Å²) in [6.07, 6.45) is 0. The van der Waals surface area contributed by atoms with Crippen LogP contribution in [0, 0.1) is 10.1 Å². The van der Waals surface area contributed by atoms with Crippen LogP contribution in [0.25, 0.3) is 16.9 Å². The number of halogens is 1. The van der Waals surface area contributed by atoms with E-state index in [0.29, 0.717) is 48.2 Å². The first-order valence-corrected chi connectivity index (χ1v) is 12.4. The number of nitro benzene ring substituents is 1. The summed E-state index contributed by atoms with van der Waals surface area (Å²) in [4.78, 5) is 33.1. The van der Waals surface area contributed by atoms with Crippen LogP contribution < -0.4 is 4.90 Å². The summed E-state index contributed by atoms with van der Waals surface area (Å²) < 4.78 is 1.63. The SMILES string of the molecule is CC(C)(C)c1cc2nc(-c3ccccc3Cl)cc(C(=O)N3CCN(c4ccc([N+](=O)[O-])cc4)CC3)n2n1. The number of non-ortho nitro benzene ring substituents is 1. The second kappa shape index (κ2) is 9.48. The van der Waals surface area contributed by atoms with Crippen LogP contribution in [0.2, 0.25) is 5.02 Å². The summed E-state index contributed by atoms with van der Waals surface area (Å²) in [5.41, 5.74) is 3.97. The van der Waals surface area contributed by atoms with Gasteiger partial charge in [0.25, 0.3) is 11.6 Å². The van der Waals surface area contributed by atoms with Crippen LogP contribution in [0.3, 0.4) is 0 Å². The Balaban J connectivity index is 1.45. The minimum Gasteiger partial charge on any atom is -0.368 e. The van der Waals surface area contributed by atoms with Crippen molar-refractivity contribution in [3.05, 3.63) is 87.2 Å². The Morgan fingerprint density at radius 1 is 1.00 bits per heavy atom. The van der Waals surface area contributed by atoms with E-state index in [1.165, 1.54) is 12.1 Å². The van der Waals surface area contributed by atoms with E-state index in [1.54, 1.807) is 28.8 Å². The Bertz CT molecular complexity index is 1480. The Morgan fingerprint density at radius 2 is 1.68 bits per heavy atom. The average molecular weight is 519 g/mol. The Kier molecular flexibility index (Phi) is 6.33. The number of nitro groups is 1. The van der Waals surface area contributed by atoms with Crippen LogP contribution in [0.4, 0.5) is 11.4 Å². The number of benzene rings is 2. The summed E-state index contributed by atoms with van der Waals surface area (Å²) >= 11 is 6.47. The van der Waals surface area contributed by atoms with Crippen LogP contribution in [-0.4, -0.2) is 56.5 Å². The molecular formula is C27H27ClN6O3. The maximum absolute atomic E-state index is 13.8. The number of carbonyl (C=O) groups is 1. The molecule has 2 aromatic heterocycles. The average Bonchev–Trinajstić information content (AvgIpc) is 3.33. The van der Waals surface area contributed by atoms with Crippen molar-refractivity contribution in [1.82, 2.24) is 19.5 Å². The van der Waals surface area contributed by atoms with Gasteiger partial charge in [0.1, 0.15) is 5.69 Å². The maximum Gasteiger partial charge on any atom is 0.272 e. The molecule has 0 saturated carbocycles. The van der Waals surface area contributed by atoms with Crippen LogP contribution in [0.1, 0.15) is 37.0 Å². The first-order valence-electron chi connectivity index (χ1n) is 12.1. The fourth-order valence-corrected chi connectivity index (χ4v) is 4.65. The second-order valence-corrected chi connectivity index (χ2v) is 10.5. The molecule has 10 heteroatoms. The summed E-state index contributed by atoms with van der Waals surface area (Å²) in [5, 5.41) is 16.3. The quantitative estimate of drug-likeness (QED) is 0.271. The number of piperazine rings is 1. The predicted molar refractivity (Wildman–Crippen MR) is 143 cm³/mol. The van der Waals surface area contributed by atoms with Crippen molar-refractivity contribution in [2.24, 2.45) is 0 Å². The van der Waals surface area contributed by atoms with Gasteiger partial charge in [-0.25, -0.2) is 9.50 Å². The molecule has 1 saturated heterocycles. The Labute approximate surface area is 219 Å². The molecule has 0 aliphatic carbocycles. The van der Waals surface area contributed by atoms with Crippen molar-refractivity contribution in [1.29, 1.82) is 0 Å². The van der Waals surface area contributed by atoms with E-state index in [0.717, 1.165) is 16.9 Å². The number of amides is 1. The lowest BCUT2D eigenvalue weighted by Crippen LogP contribution is -2.49. The highest BCUT2D eigenvalue weighted by Crippen LogP contribution is 2.30. The monoisotopic (exact) mass is 518 g/mol. The molecule has 1 aliphatic heterocycles. The first kappa shape index (κ1) is 24.7. The molecule has 4 aromatic rings. The molecule has 0 unspecified atom stereocenters. The molecule has 0 atom stereocenters. The molecule has 0 bridgehead atoms. The van der Waals surface area contributed by atoms with E-state index in [-0.39, 0.29) is 17.0 Å². The third kappa shape index (κ3) is 4.86. The van der Waals surface area contributed by atoms with Gasteiger partial charge in [-0.15, -0.1) is 0 Å². The van der Waals surface area contributed by atoms with Crippen LogP contribution in [0.5, 0.6) is 0 Å². The Hall–Kier alpha value is -3.98. The van der Waals surface area contributed by atoms with Crippen LogP contribution in [-0.2, 0) is 5.41 Å². The molecule has 37 heavy (non-hydrogen) atoms. The molecule has 9 nitrogen and oxygen atoms in total. The number of nitrogens with zero attached hydrogens (tertiary/aromatic N) is 6. The summed E-state index contributed by atoms with van der Waals surface area (Å²) in [6.45, 7) is 8.46. The van der Waals surface area contributed by atoms with Gasteiger partial charge in [-0.05, 0) is 24.3 Å². The van der Waals surface area contributed by atoms with E-state index in [1.807, 2.05) is 29.2 Å². The summed E-state index contributed by atoms with van der Waals surface area (Å²) in [5.74, 6) is -0.132. The van der Waals surface area contributed by atoms with Gasteiger partial charge in [-0.1, -0.05) is 50.6 Å². The van der Waals surface area contributed by atoms with Crippen molar-refractivity contribution >= 4 is 34.5 Å². The number of hydrogen-bond donors (Lipinski definition) is 0. The smallest absolute Gasteiger partial charge is 0.272 e. The topological polar surface area (TPSA) is 96.9 Å². The fraction of sp³-hybridized carbons (Fsp3) is 0.296. The number of hydrogen-bond acceptors (Lipinski definition) is 6. The molecular weight excluding hydrogens is 492 g/mol. The zero-order chi connectivity index (χ0) is 26.3. The molecule has 3 heterocycles. The molecule has 2 aromatic carbocycles. The van der Waals surface area contributed by atoms with Gasteiger partial charge in [0.2, 0.25) is 0 Å². The first-order chi connectivity index (χ1) is 17.6. The zero-order valence-electron chi connectivity index (χ0n) is 20.9. The minimum atomic E-state index is -0.410. The van der Waals surface area contributed by atoms with Crippen molar-refractivity contribution in [2.45, 2.75) is 26.2 Å². The van der Waals surface area contributed by atoms with Crippen molar-refractivity contribution in [3.63, 3.8) is 0 Å². The van der Waals surface area contributed by atoms with Gasteiger partial charge < -0.3 is 9.80 Å². The number of carbonyl (C=O) groups excluding carboxylic acids is 1. The second-order valence-electron chi connectivity index (χ2n) is 10.1. The molecule has 0 spiro atoms. The van der Waals surface area contributed by atoms with Gasteiger partial charge in [-0.3, -0.25) is 14.9 Å². The molecule has 1 fully saturated rings. The summed E-state index contributed by atoms with van der Waals surface area (Å²) in [7, 11) is 0. The van der Waals surface area contributed by atoms with E-state index in [2.05, 4.69) is 25.7 Å². The van der Waals surface area contributed by atoms with Crippen molar-refractivity contribution < 1.29 is 9.72 Å². The van der Waals surface area contributed by atoms with E-state index in [9.17, 15) is 14.9 Å². The molecule has 190 valence electrons. The van der Waals surface area contributed by atoms with E-state index in [4.69, 9.17) is 21.7 Å². The molecule has 1 aliphatic rings. The highest BCUT2D eigenvalue weighted by atomic mass is 35.5. The normalized spacial score (nSPS) is 14.3. The van der Waals surface area contributed by atoms with Gasteiger partial charge in [0.15, 0.2) is 5.65 Å². The standard InChI is InChI=1S/C27H27ClN6O3/c1-27(2,3)24-17-25-29-22(20-6-4-5-7-21(20)28)16-23(33(25)30-24)26(35)32-14-12-31(13-15-32)18-8-10-19(11-9-18)34(36)37/h4-11,16-17H,12-15H2,1-3H3.